The molecule has 0 aliphatic heterocycles. The number of hydrogen-bond donors (Lipinski definition) is 3. The Balaban J connectivity index is 1.64. The maximum absolute atomic E-state index is 12.0. The first-order chi connectivity index (χ1) is 11.5. The fraction of sp³-hybridized carbons (Fsp3) is 0.0625. The predicted octanol–water partition coefficient (Wildman–Crippen LogP) is 3.65. The molecule has 1 amide bonds. The molecule has 1 heterocycles. The van der Waals surface area contributed by atoms with Crippen LogP contribution >= 0.6 is 23.4 Å². The number of carboxylic acids is 1. The van der Waals surface area contributed by atoms with E-state index in [0.29, 0.717) is 26.9 Å². The van der Waals surface area contributed by atoms with Gasteiger partial charge in [-0.25, -0.2) is 9.78 Å². The molecule has 0 saturated carbocycles. The van der Waals surface area contributed by atoms with Crippen molar-refractivity contribution in [3.8, 4) is 0 Å². The van der Waals surface area contributed by atoms with E-state index in [0.717, 1.165) is 0 Å². The minimum absolute atomic E-state index is 0.165. The molecule has 0 bridgehead atoms. The quantitative estimate of drug-likeness (QED) is 0.603. The van der Waals surface area contributed by atoms with E-state index in [2.05, 4.69) is 15.3 Å². The van der Waals surface area contributed by atoms with Gasteiger partial charge in [-0.05, 0) is 36.4 Å². The van der Waals surface area contributed by atoms with Crippen molar-refractivity contribution >= 4 is 52.0 Å². The van der Waals surface area contributed by atoms with E-state index in [1.807, 2.05) is 0 Å². The van der Waals surface area contributed by atoms with Crippen LogP contribution < -0.4 is 5.32 Å². The molecular formula is C16H12ClN3O3S. The summed E-state index contributed by atoms with van der Waals surface area (Å²) in [5.74, 6) is -1.02. The number of hydrogen-bond acceptors (Lipinski definition) is 4. The van der Waals surface area contributed by atoms with E-state index in [-0.39, 0.29) is 17.2 Å². The van der Waals surface area contributed by atoms with Gasteiger partial charge in [0, 0.05) is 10.7 Å². The number of nitrogens with one attached hydrogen (secondary N) is 2. The Hall–Kier alpha value is -2.51. The Morgan fingerprint density at radius 2 is 2.08 bits per heavy atom. The maximum atomic E-state index is 12.0. The van der Waals surface area contributed by atoms with Gasteiger partial charge in [-0.15, -0.1) is 0 Å². The average Bonchev–Trinajstić information content (AvgIpc) is 2.95. The Bertz CT molecular complexity index is 926. The molecule has 8 heteroatoms. The fourth-order valence-electron chi connectivity index (χ4n) is 2.08. The smallest absolute Gasteiger partial charge is 0.335 e. The van der Waals surface area contributed by atoms with E-state index < -0.39 is 5.97 Å². The van der Waals surface area contributed by atoms with Crippen LogP contribution in [0.15, 0.2) is 47.6 Å². The lowest BCUT2D eigenvalue weighted by Crippen LogP contribution is -2.13. The van der Waals surface area contributed by atoms with Crippen LogP contribution in [0.1, 0.15) is 10.4 Å². The van der Waals surface area contributed by atoms with Crippen molar-refractivity contribution in [2.24, 2.45) is 0 Å². The molecular weight excluding hydrogens is 350 g/mol. The minimum atomic E-state index is -0.999. The third kappa shape index (κ3) is 3.87. The third-order valence-electron chi connectivity index (χ3n) is 3.16. The zero-order chi connectivity index (χ0) is 17.1. The van der Waals surface area contributed by atoms with Gasteiger partial charge in [0.1, 0.15) is 0 Å². The number of aromatic nitrogens is 2. The molecule has 0 fully saturated rings. The van der Waals surface area contributed by atoms with E-state index in [1.54, 1.807) is 30.3 Å². The Morgan fingerprint density at radius 1 is 1.25 bits per heavy atom. The summed E-state index contributed by atoms with van der Waals surface area (Å²) in [5.41, 5.74) is 2.08. The van der Waals surface area contributed by atoms with Crippen LogP contribution in [0.25, 0.3) is 11.0 Å². The number of H-pyrrole nitrogens is 1. The van der Waals surface area contributed by atoms with Crippen LogP contribution in [0.3, 0.4) is 0 Å². The standard InChI is InChI=1S/C16H12ClN3O3S/c17-10-2-1-3-11(7-10)18-14(21)8-24-16-19-12-5-4-9(15(22)23)6-13(12)20-16/h1-7H,8H2,(H,18,21)(H,19,20)(H,22,23). The van der Waals surface area contributed by atoms with Crippen LogP contribution in [0.5, 0.6) is 0 Å². The average molecular weight is 362 g/mol. The summed E-state index contributed by atoms with van der Waals surface area (Å²) in [7, 11) is 0. The third-order valence-corrected chi connectivity index (χ3v) is 4.26. The van der Waals surface area contributed by atoms with Gasteiger partial charge in [-0.2, -0.15) is 0 Å². The van der Waals surface area contributed by atoms with E-state index in [1.165, 1.54) is 23.9 Å². The molecule has 0 radical (unpaired) electrons. The Morgan fingerprint density at radius 3 is 2.83 bits per heavy atom. The number of carbonyl (C=O) groups excluding carboxylic acids is 1. The second-order valence-electron chi connectivity index (χ2n) is 4.93. The molecule has 0 aliphatic carbocycles. The zero-order valence-electron chi connectivity index (χ0n) is 12.2. The highest BCUT2D eigenvalue weighted by atomic mass is 35.5. The summed E-state index contributed by atoms with van der Waals surface area (Å²) in [6.45, 7) is 0. The molecule has 3 aromatic rings. The van der Waals surface area contributed by atoms with Gasteiger partial charge in [0.2, 0.25) is 5.91 Å². The first-order valence-corrected chi connectivity index (χ1v) is 8.29. The van der Waals surface area contributed by atoms with Gasteiger partial charge in [0.15, 0.2) is 5.16 Å². The van der Waals surface area contributed by atoms with Crippen LogP contribution in [-0.4, -0.2) is 32.7 Å². The number of aromatic carboxylic acids is 1. The second-order valence-corrected chi connectivity index (χ2v) is 6.33. The number of amides is 1. The van der Waals surface area contributed by atoms with Crippen LogP contribution in [-0.2, 0) is 4.79 Å². The van der Waals surface area contributed by atoms with Crippen molar-refractivity contribution < 1.29 is 14.7 Å². The molecule has 0 aliphatic rings. The summed E-state index contributed by atoms with van der Waals surface area (Å²) in [6, 6.07) is 11.5. The predicted molar refractivity (Wildman–Crippen MR) is 93.9 cm³/mol. The number of carbonyl (C=O) groups is 2. The van der Waals surface area contributed by atoms with Crippen molar-refractivity contribution in [2.45, 2.75) is 5.16 Å². The Labute approximate surface area is 146 Å². The second kappa shape index (κ2) is 6.94. The number of nitrogens with zero attached hydrogens (tertiary/aromatic N) is 1. The highest BCUT2D eigenvalue weighted by Crippen LogP contribution is 2.21. The first kappa shape index (κ1) is 16.4. The van der Waals surface area contributed by atoms with Gasteiger partial charge < -0.3 is 15.4 Å². The number of rotatable bonds is 5. The van der Waals surface area contributed by atoms with E-state index >= 15 is 0 Å². The number of fused-ring (bicyclic) bond motifs is 1. The van der Waals surface area contributed by atoms with Crippen molar-refractivity contribution in [2.75, 3.05) is 11.1 Å². The summed E-state index contributed by atoms with van der Waals surface area (Å²) < 4.78 is 0. The number of halogens is 1. The van der Waals surface area contributed by atoms with E-state index in [9.17, 15) is 9.59 Å². The molecule has 3 rings (SSSR count). The van der Waals surface area contributed by atoms with Crippen molar-refractivity contribution in [3.63, 3.8) is 0 Å². The number of imidazole rings is 1. The number of carboxylic acid groups (broad SMARTS) is 1. The van der Waals surface area contributed by atoms with Gasteiger partial charge in [0.05, 0.1) is 22.3 Å². The lowest BCUT2D eigenvalue weighted by molar-refractivity contribution is -0.113. The normalized spacial score (nSPS) is 10.7. The number of aromatic amines is 1. The van der Waals surface area contributed by atoms with Crippen molar-refractivity contribution in [1.29, 1.82) is 0 Å². The number of thioether (sulfide) groups is 1. The largest absolute Gasteiger partial charge is 0.478 e. The fourth-order valence-corrected chi connectivity index (χ4v) is 2.96. The van der Waals surface area contributed by atoms with Crippen molar-refractivity contribution in [1.82, 2.24) is 9.97 Å². The zero-order valence-corrected chi connectivity index (χ0v) is 13.8. The molecule has 0 unspecified atom stereocenters. The van der Waals surface area contributed by atoms with Gasteiger partial charge in [0.25, 0.3) is 0 Å². The first-order valence-electron chi connectivity index (χ1n) is 6.92. The summed E-state index contributed by atoms with van der Waals surface area (Å²) in [4.78, 5) is 30.2. The van der Waals surface area contributed by atoms with Crippen molar-refractivity contribution in [3.05, 3.63) is 53.1 Å². The molecule has 6 nitrogen and oxygen atoms in total. The SMILES string of the molecule is O=C(CSc1nc2ccc(C(=O)O)cc2[nH]1)Nc1cccc(Cl)c1. The Kier molecular flexibility index (Phi) is 4.73. The lowest BCUT2D eigenvalue weighted by Gasteiger charge is -2.04. The monoisotopic (exact) mass is 361 g/mol. The number of benzene rings is 2. The molecule has 24 heavy (non-hydrogen) atoms. The van der Waals surface area contributed by atoms with Gasteiger partial charge >= 0.3 is 5.97 Å². The molecule has 2 aromatic carbocycles. The molecule has 1 aromatic heterocycles. The highest BCUT2D eigenvalue weighted by molar-refractivity contribution is 7.99. The molecule has 0 saturated heterocycles. The van der Waals surface area contributed by atoms with E-state index in [4.69, 9.17) is 16.7 Å². The van der Waals surface area contributed by atoms with Crippen LogP contribution in [0.2, 0.25) is 5.02 Å². The topological polar surface area (TPSA) is 95.1 Å². The number of anilines is 1. The lowest BCUT2D eigenvalue weighted by atomic mass is 10.2. The van der Waals surface area contributed by atoms with Gasteiger partial charge in [-0.3, -0.25) is 4.79 Å². The highest BCUT2D eigenvalue weighted by Gasteiger charge is 2.10. The maximum Gasteiger partial charge on any atom is 0.335 e. The van der Waals surface area contributed by atoms with Crippen LogP contribution in [0, 0.1) is 0 Å². The summed E-state index contributed by atoms with van der Waals surface area (Å²) >= 11 is 7.10. The summed E-state index contributed by atoms with van der Waals surface area (Å²) in [5, 5.41) is 12.8. The molecule has 0 atom stereocenters. The summed E-state index contributed by atoms with van der Waals surface area (Å²) in [6.07, 6.45) is 0. The molecule has 122 valence electrons. The molecule has 0 spiro atoms. The minimum Gasteiger partial charge on any atom is -0.478 e. The molecule has 3 N–H and O–H groups in total. The van der Waals surface area contributed by atoms with Crippen LogP contribution in [0.4, 0.5) is 5.69 Å². The van der Waals surface area contributed by atoms with Gasteiger partial charge in [-0.1, -0.05) is 29.4 Å².